The molecule has 0 bridgehead atoms. The molecule has 2 rings (SSSR count). The van der Waals surface area contributed by atoms with Gasteiger partial charge < -0.3 is 10.2 Å². The van der Waals surface area contributed by atoms with Crippen LogP contribution in [0.25, 0.3) is 0 Å². The van der Waals surface area contributed by atoms with Crippen LogP contribution in [0.1, 0.15) is 43.7 Å². The fourth-order valence-corrected chi connectivity index (χ4v) is 2.91. The molecule has 2 heteroatoms. The lowest BCUT2D eigenvalue weighted by molar-refractivity contribution is 0.285. The van der Waals surface area contributed by atoms with Gasteiger partial charge in [-0.05, 0) is 75.9 Å². The van der Waals surface area contributed by atoms with Gasteiger partial charge in [0.2, 0.25) is 0 Å². The number of benzene rings is 1. The van der Waals surface area contributed by atoms with Gasteiger partial charge in [0.25, 0.3) is 0 Å². The van der Waals surface area contributed by atoms with Crippen molar-refractivity contribution in [2.24, 2.45) is 0 Å². The van der Waals surface area contributed by atoms with Gasteiger partial charge in [0.15, 0.2) is 0 Å². The van der Waals surface area contributed by atoms with E-state index in [1.54, 1.807) is 0 Å². The maximum atomic E-state index is 3.72. The normalized spacial score (nSPS) is 21.1. The molecule has 106 valence electrons. The number of rotatable bonds is 4. The van der Waals surface area contributed by atoms with E-state index in [-0.39, 0.29) is 0 Å². The molecule has 1 aliphatic heterocycles. The topological polar surface area (TPSA) is 15.3 Å². The van der Waals surface area contributed by atoms with Crippen molar-refractivity contribution in [3.63, 3.8) is 0 Å². The van der Waals surface area contributed by atoms with E-state index in [0.717, 1.165) is 0 Å². The van der Waals surface area contributed by atoms with E-state index in [4.69, 9.17) is 0 Å². The zero-order valence-electron chi connectivity index (χ0n) is 12.7. The molecule has 0 aromatic heterocycles. The van der Waals surface area contributed by atoms with Gasteiger partial charge in [0.05, 0.1) is 0 Å². The maximum Gasteiger partial charge on any atom is 0.0345 e. The first-order chi connectivity index (χ1) is 9.19. The molecule has 1 N–H and O–H groups in total. The van der Waals surface area contributed by atoms with Crippen molar-refractivity contribution < 1.29 is 0 Å². The van der Waals surface area contributed by atoms with Gasteiger partial charge in [-0.15, -0.1) is 0 Å². The summed E-state index contributed by atoms with van der Waals surface area (Å²) in [6.07, 6.45) is 5.16. The molecule has 19 heavy (non-hydrogen) atoms. The van der Waals surface area contributed by atoms with Crippen molar-refractivity contribution in [1.29, 1.82) is 0 Å². The summed E-state index contributed by atoms with van der Waals surface area (Å²) in [6, 6.07) is 7.36. The van der Waals surface area contributed by atoms with Crippen molar-refractivity contribution in [3.8, 4) is 0 Å². The Kier molecular flexibility index (Phi) is 5.26. The van der Waals surface area contributed by atoms with Crippen molar-refractivity contribution in [3.05, 3.63) is 29.3 Å². The first-order valence-electron chi connectivity index (χ1n) is 7.75. The first-order valence-corrected chi connectivity index (χ1v) is 7.75. The predicted molar refractivity (Wildman–Crippen MR) is 83.9 cm³/mol. The molecule has 1 heterocycles. The SMILES string of the molecule is CCCN1CCCC(Nc2ccc(C)c(C)c2)CC1. The second-order valence-corrected chi connectivity index (χ2v) is 5.91. The quantitative estimate of drug-likeness (QED) is 0.881. The fraction of sp³-hybridized carbons (Fsp3) is 0.647. The zero-order valence-corrected chi connectivity index (χ0v) is 12.7. The molecule has 1 atom stereocenters. The van der Waals surface area contributed by atoms with Gasteiger partial charge >= 0.3 is 0 Å². The van der Waals surface area contributed by atoms with Crippen LogP contribution in [0.2, 0.25) is 0 Å². The summed E-state index contributed by atoms with van der Waals surface area (Å²) in [4.78, 5) is 2.61. The molecular weight excluding hydrogens is 232 g/mol. The fourth-order valence-electron chi connectivity index (χ4n) is 2.91. The van der Waals surface area contributed by atoms with Crippen LogP contribution in [0, 0.1) is 13.8 Å². The minimum Gasteiger partial charge on any atom is -0.382 e. The van der Waals surface area contributed by atoms with E-state index < -0.39 is 0 Å². The molecule has 1 aromatic rings. The van der Waals surface area contributed by atoms with Crippen molar-refractivity contribution in [2.45, 2.75) is 52.5 Å². The van der Waals surface area contributed by atoms with Crippen molar-refractivity contribution in [2.75, 3.05) is 25.0 Å². The summed E-state index contributed by atoms with van der Waals surface area (Å²) in [7, 11) is 0. The Balaban J connectivity index is 1.90. The number of hydrogen-bond acceptors (Lipinski definition) is 2. The predicted octanol–water partition coefficient (Wildman–Crippen LogP) is 3.98. The van der Waals surface area contributed by atoms with Gasteiger partial charge in [-0.3, -0.25) is 0 Å². The van der Waals surface area contributed by atoms with Crippen molar-refractivity contribution in [1.82, 2.24) is 4.90 Å². The third-order valence-corrected chi connectivity index (χ3v) is 4.24. The smallest absolute Gasteiger partial charge is 0.0345 e. The van der Waals surface area contributed by atoms with Gasteiger partial charge in [0.1, 0.15) is 0 Å². The molecule has 0 saturated carbocycles. The summed E-state index contributed by atoms with van der Waals surface area (Å²) in [5, 5.41) is 3.72. The highest BCUT2D eigenvalue weighted by Crippen LogP contribution is 2.19. The lowest BCUT2D eigenvalue weighted by Gasteiger charge is -2.20. The summed E-state index contributed by atoms with van der Waals surface area (Å²) in [6.45, 7) is 10.4. The Morgan fingerprint density at radius 3 is 2.74 bits per heavy atom. The monoisotopic (exact) mass is 260 g/mol. The standard InChI is InChI=1S/C17H28N2/c1-4-10-19-11-5-6-16(9-12-19)18-17-8-7-14(2)15(3)13-17/h7-8,13,16,18H,4-6,9-12H2,1-3H3. The van der Waals surface area contributed by atoms with Crippen LogP contribution in [0.3, 0.4) is 0 Å². The Bertz CT molecular complexity index is 400. The van der Waals surface area contributed by atoms with E-state index >= 15 is 0 Å². The Morgan fingerprint density at radius 2 is 2.00 bits per heavy atom. The largest absolute Gasteiger partial charge is 0.382 e. The van der Waals surface area contributed by atoms with E-state index in [9.17, 15) is 0 Å². The highest BCUT2D eigenvalue weighted by molar-refractivity contribution is 5.48. The minimum atomic E-state index is 0.643. The molecule has 1 aromatic carbocycles. The minimum absolute atomic E-state index is 0.643. The maximum absolute atomic E-state index is 3.72. The third kappa shape index (κ3) is 4.24. The van der Waals surface area contributed by atoms with Crippen LogP contribution < -0.4 is 5.32 Å². The van der Waals surface area contributed by atoms with Crippen molar-refractivity contribution >= 4 is 5.69 Å². The Morgan fingerprint density at radius 1 is 1.16 bits per heavy atom. The molecule has 1 aliphatic rings. The number of likely N-dealkylation sites (tertiary alicyclic amines) is 1. The van der Waals surface area contributed by atoms with Gasteiger partial charge in [0, 0.05) is 18.3 Å². The molecule has 0 aliphatic carbocycles. The van der Waals surface area contributed by atoms with Crippen LogP contribution in [0.15, 0.2) is 18.2 Å². The van der Waals surface area contributed by atoms with Gasteiger partial charge in [-0.25, -0.2) is 0 Å². The summed E-state index contributed by atoms with van der Waals surface area (Å²) < 4.78 is 0. The molecule has 0 spiro atoms. The average molecular weight is 260 g/mol. The molecular formula is C17H28N2. The zero-order chi connectivity index (χ0) is 13.7. The lowest BCUT2D eigenvalue weighted by atomic mass is 10.1. The summed E-state index contributed by atoms with van der Waals surface area (Å²) in [5.41, 5.74) is 4.05. The molecule has 0 amide bonds. The van der Waals surface area contributed by atoms with Gasteiger partial charge in [-0.2, -0.15) is 0 Å². The Hall–Kier alpha value is -1.02. The van der Waals surface area contributed by atoms with E-state index in [1.165, 1.54) is 62.1 Å². The molecule has 1 unspecified atom stereocenters. The van der Waals surface area contributed by atoms with Gasteiger partial charge in [-0.1, -0.05) is 13.0 Å². The molecule has 2 nitrogen and oxygen atoms in total. The van der Waals surface area contributed by atoms with Crippen LogP contribution in [0.5, 0.6) is 0 Å². The van der Waals surface area contributed by atoms with Crippen LogP contribution in [0.4, 0.5) is 5.69 Å². The first kappa shape index (κ1) is 14.4. The molecule has 1 saturated heterocycles. The third-order valence-electron chi connectivity index (χ3n) is 4.24. The average Bonchev–Trinajstić information content (AvgIpc) is 2.60. The van der Waals surface area contributed by atoms with E-state index in [2.05, 4.69) is 49.2 Å². The number of nitrogens with zero attached hydrogens (tertiary/aromatic N) is 1. The second kappa shape index (κ2) is 6.95. The Labute approximate surface area is 118 Å². The number of nitrogens with one attached hydrogen (secondary N) is 1. The molecule has 1 fully saturated rings. The summed E-state index contributed by atoms with van der Waals surface area (Å²) in [5.74, 6) is 0. The highest BCUT2D eigenvalue weighted by Gasteiger charge is 2.16. The second-order valence-electron chi connectivity index (χ2n) is 5.91. The summed E-state index contributed by atoms with van der Waals surface area (Å²) >= 11 is 0. The van der Waals surface area contributed by atoms with Crippen LogP contribution >= 0.6 is 0 Å². The lowest BCUT2D eigenvalue weighted by Crippen LogP contribution is -2.27. The molecule has 0 radical (unpaired) electrons. The van der Waals surface area contributed by atoms with E-state index in [0.29, 0.717) is 6.04 Å². The number of anilines is 1. The van der Waals surface area contributed by atoms with E-state index in [1.807, 2.05) is 0 Å². The van der Waals surface area contributed by atoms with Crippen LogP contribution in [-0.4, -0.2) is 30.6 Å². The van der Waals surface area contributed by atoms with Crippen LogP contribution in [-0.2, 0) is 0 Å². The highest BCUT2D eigenvalue weighted by atomic mass is 15.1. The number of hydrogen-bond donors (Lipinski definition) is 1. The number of aryl methyl sites for hydroxylation is 2.